The molecule has 0 saturated heterocycles. The van der Waals surface area contributed by atoms with E-state index < -0.39 is 6.04 Å². The molecule has 174 valence electrons. The first-order valence-electron chi connectivity index (χ1n) is 10.2. The maximum absolute atomic E-state index is 13.3. The molecule has 32 heavy (non-hydrogen) atoms. The lowest BCUT2D eigenvalue weighted by Crippen LogP contribution is -2.51. The topological polar surface area (TPSA) is 49.4 Å². The molecule has 1 atom stereocenters. The zero-order valence-electron chi connectivity index (χ0n) is 18.1. The minimum atomic E-state index is -0.651. The van der Waals surface area contributed by atoms with Crippen LogP contribution in [0.4, 0.5) is 0 Å². The van der Waals surface area contributed by atoms with E-state index in [0.29, 0.717) is 37.8 Å². The second-order valence-corrected chi connectivity index (χ2v) is 10.1. The van der Waals surface area contributed by atoms with E-state index in [1.807, 2.05) is 20.8 Å². The van der Waals surface area contributed by atoms with Gasteiger partial charge in [-0.3, -0.25) is 9.59 Å². The van der Waals surface area contributed by atoms with E-state index in [4.69, 9.17) is 46.4 Å². The Kier molecular flexibility index (Phi) is 11.0. The van der Waals surface area contributed by atoms with E-state index >= 15 is 0 Å². The lowest BCUT2D eigenvalue weighted by atomic mass is 10.1. The van der Waals surface area contributed by atoms with E-state index in [-0.39, 0.29) is 30.2 Å². The third-order valence-electron chi connectivity index (χ3n) is 4.74. The molecular formula is C23H26Cl4N2O2S. The predicted molar refractivity (Wildman–Crippen MR) is 137 cm³/mol. The Morgan fingerprint density at radius 3 is 1.91 bits per heavy atom. The van der Waals surface area contributed by atoms with Crippen molar-refractivity contribution in [1.82, 2.24) is 10.2 Å². The highest BCUT2D eigenvalue weighted by atomic mass is 35.5. The molecule has 0 aliphatic rings. The van der Waals surface area contributed by atoms with Crippen molar-refractivity contribution in [2.75, 3.05) is 5.75 Å². The zero-order chi connectivity index (χ0) is 23.8. The molecule has 0 radical (unpaired) electrons. The van der Waals surface area contributed by atoms with Crippen LogP contribution in [0.1, 0.15) is 38.3 Å². The number of hydrogen-bond donors (Lipinski definition) is 1. The third kappa shape index (κ3) is 7.46. The lowest BCUT2D eigenvalue weighted by Gasteiger charge is -2.31. The van der Waals surface area contributed by atoms with Gasteiger partial charge in [0.05, 0.1) is 5.75 Å². The fourth-order valence-electron chi connectivity index (χ4n) is 3.15. The summed E-state index contributed by atoms with van der Waals surface area (Å²) in [7, 11) is 0. The monoisotopic (exact) mass is 534 g/mol. The van der Waals surface area contributed by atoms with Gasteiger partial charge in [0, 0.05) is 44.0 Å². The number of halogens is 4. The molecule has 0 heterocycles. The zero-order valence-corrected chi connectivity index (χ0v) is 22.0. The number of hydrogen-bond acceptors (Lipinski definition) is 3. The van der Waals surface area contributed by atoms with Gasteiger partial charge in [0.2, 0.25) is 11.8 Å². The van der Waals surface area contributed by atoms with Gasteiger partial charge in [-0.2, -0.15) is 0 Å². The van der Waals surface area contributed by atoms with Crippen molar-refractivity contribution in [3.05, 3.63) is 67.6 Å². The summed E-state index contributed by atoms with van der Waals surface area (Å²) in [6.45, 7) is 5.76. The number of nitrogens with one attached hydrogen (secondary N) is 1. The summed E-state index contributed by atoms with van der Waals surface area (Å²) in [5.41, 5.74) is 1.39. The van der Waals surface area contributed by atoms with Crippen LogP contribution in [0.5, 0.6) is 0 Å². The molecule has 4 nitrogen and oxygen atoms in total. The van der Waals surface area contributed by atoms with Crippen LogP contribution in [0.2, 0.25) is 20.1 Å². The van der Waals surface area contributed by atoms with Crippen molar-refractivity contribution in [1.29, 1.82) is 0 Å². The van der Waals surface area contributed by atoms with Gasteiger partial charge in [-0.05, 0) is 50.1 Å². The van der Waals surface area contributed by atoms with E-state index in [1.54, 1.807) is 41.3 Å². The van der Waals surface area contributed by atoms with Crippen molar-refractivity contribution in [2.45, 2.75) is 51.6 Å². The van der Waals surface area contributed by atoms with Crippen molar-refractivity contribution in [2.24, 2.45) is 0 Å². The van der Waals surface area contributed by atoms with E-state index in [2.05, 4.69) is 5.32 Å². The highest BCUT2D eigenvalue weighted by Gasteiger charge is 2.30. The average molecular weight is 536 g/mol. The smallest absolute Gasteiger partial charge is 0.243 e. The fourth-order valence-corrected chi connectivity index (χ4v) is 5.31. The van der Waals surface area contributed by atoms with Crippen LogP contribution in [-0.2, 0) is 21.9 Å². The molecule has 0 bridgehead atoms. The van der Waals surface area contributed by atoms with Crippen LogP contribution >= 0.6 is 58.2 Å². The Morgan fingerprint density at radius 1 is 0.938 bits per heavy atom. The number of amides is 2. The maximum atomic E-state index is 13.3. The number of rotatable bonds is 10. The molecule has 1 unspecified atom stereocenters. The number of nitrogens with zero attached hydrogens (tertiary/aromatic N) is 1. The standard InChI is InChI=1S/C23H26Cl4N2O2S/c1-4-21(23(31)28-14(2)3)29(11-15-17(24)7-5-8-18(15)25)22(30)13-32-12-16-19(26)9-6-10-20(16)27/h5-10,14,21H,4,11-13H2,1-3H3,(H,28,31). The predicted octanol–water partition coefficient (Wildman–Crippen LogP) is 6.87. The lowest BCUT2D eigenvalue weighted by molar-refractivity contribution is -0.139. The fraction of sp³-hybridized carbons (Fsp3) is 0.391. The minimum Gasteiger partial charge on any atom is -0.352 e. The summed E-state index contributed by atoms with van der Waals surface area (Å²) in [6.07, 6.45) is 0.452. The second kappa shape index (κ2) is 13.0. The van der Waals surface area contributed by atoms with Crippen molar-refractivity contribution in [3.63, 3.8) is 0 Å². The Bertz CT molecular complexity index is 915. The second-order valence-electron chi connectivity index (χ2n) is 7.50. The summed E-state index contributed by atoms with van der Waals surface area (Å²) in [5, 5.41) is 4.91. The molecule has 2 aromatic carbocycles. The average Bonchev–Trinajstić information content (AvgIpc) is 2.71. The minimum absolute atomic E-state index is 0.0471. The first-order valence-corrected chi connectivity index (χ1v) is 12.9. The summed E-state index contributed by atoms with van der Waals surface area (Å²) < 4.78 is 0. The van der Waals surface area contributed by atoms with Gasteiger partial charge < -0.3 is 10.2 Å². The summed E-state index contributed by atoms with van der Waals surface area (Å²) >= 11 is 26.6. The molecule has 0 saturated carbocycles. The molecule has 0 aliphatic carbocycles. The normalized spacial score (nSPS) is 12.0. The Balaban J connectivity index is 2.24. The molecule has 2 amide bonds. The van der Waals surface area contributed by atoms with Gasteiger partial charge >= 0.3 is 0 Å². The Morgan fingerprint density at radius 2 is 1.44 bits per heavy atom. The maximum Gasteiger partial charge on any atom is 0.243 e. The highest BCUT2D eigenvalue weighted by molar-refractivity contribution is 7.99. The molecule has 2 aromatic rings. The first-order chi connectivity index (χ1) is 15.1. The van der Waals surface area contributed by atoms with Gasteiger partial charge in [0.15, 0.2) is 0 Å². The van der Waals surface area contributed by atoms with Crippen molar-refractivity contribution < 1.29 is 9.59 Å². The van der Waals surface area contributed by atoms with Crippen LogP contribution in [0.15, 0.2) is 36.4 Å². The van der Waals surface area contributed by atoms with Gasteiger partial charge in [-0.25, -0.2) is 0 Å². The van der Waals surface area contributed by atoms with Crippen LogP contribution in [0.25, 0.3) is 0 Å². The van der Waals surface area contributed by atoms with Crippen LogP contribution < -0.4 is 5.32 Å². The van der Waals surface area contributed by atoms with E-state index in [1.165, 1.54) is 11.8 Å². The summed E-state index contributed by atoms with van der Waals surface area (Å²) in [4.78, 5) is 27.7. The first kappa shape index (κ1) is 27.1. The number of carbonyl (C=O) groups is 2. The van der Waals surface area contributed by atoms with Gasteiger partial charge in [0.1, 0.15) is 6.04 Å². The van der Waals surface area contributed by atoms with E-state index in [0.717, 1.165) is 5.56 Å². The molecule has 0 fully saturated rings. The van der Waals surface area contributed by atoms with Crippen molar-refractivity contribution >= 4 is 70.0 Å². The van der Waals surface area contributed by atoms with E-state index in [9.17, 15) is 9.59 Å². The number of benzene rings is 2. The largest absolute Gasteiger partial charge is 0.352 e. The molecule has 1 N–H and O–H groups in total. The van der Waals surface area contributed by atoms with Gasteiger partial charge in [-0.15, -0.1) is 11.8 Å². The van der Waals surface area contributed by atoms with Crippen molar-refractivity contribution in [3.8, 4) is 0 Å². The number of carbonyl (C=O) groups excluding carboxylic acids is 2. The SMILES string of the molecule is CCC(C(=O)NC(C)C)N(Cc1c(Cl)cccc1Cl)C(=O)CSCc1c(Cl)cccc1Cl. The molecule has 0 aromatic heterocycles. The van der Waals surface area contributed by atoms with Crippen LogP contribution in [0.3, 0.4) is 0 Å². The molecular weight excluding hydrogens is 510 g/mol. The summed E-state index contributed by atoms with van der Waals surface area (Å²) in [6, 6.07) is 9.78. The van der Waals surface area contributed by atoms with Crippen LogP contribution in [-0.4, -0.2) is 34.6 Å². The molecule has 0 spiro atoms. The quantitative estimate of drug-likeness (QED) is 0.361. The van der Waals surface area contributed by atoms with Gasteiger partial charge in [-0.1, -0.05) is 65.5 Å². The highest BCUT2D eigenvalue weighted by Crippen LogP contribution is 2.30. The Hall–Kier alpha value is -1.11. The number of thioether (sulfide) groups is 1. The molecule has 2 rings (SSSR count). The Labute approximate surface area is 213 Å². The molecule has 9 heteroatoms. The molecule has 0 aliphatic heterocycles. The van der Waals surface area contributed by atoms with Crippen LogP contribution in [0, 0.1) is 0 Å². The summed E-state index contributed by atoms with van der Waals surface area (Å²) in [5.74, 6) is 0.215. The van der Waals surface area contributed by atoms with Gasteiger partial charge in [0.25, 0.3) is 0 Å². The third-order valence-corrected chi connectivity index (χ3v) is 7.10.